The van der Waals surface area contributed by atoms with Gasteiger partial charge in [-0.25, -0.2) is 4.68 Å². The Morgan fingerprint density at radius 2 is 2.14 bits per heavy atom. The number of aromatic nitrogens is 2. The van der Waals surface area contributed by atoms with Crippen LogP contribution in [-0.2, 0) is 0 Å². The Balaban J connectivity index is 1.69. The van der Waals surface area contributed by atoms with Crippen LogP contribution in [0.5, 0.6) is 0 Å². The number of carbonyl (C=O) groups is 1. The van der Waals surface area contributed by atoms with Crippen LogP contribution in [0.1, 0.15) is 23.8 Å². The minimum absolute atomic E-state index is 0.0940. The maximum absolute atomic E-state index is 12.3. The number of hydrogen-bond acceptors (Lipinski definition) is 3. The average molecular weight is 284 g/mol. The summed E-state index contributed by atoms with van der Waals surface area (Å²) in [6.07, 6.45) is 2.78. The van der Waals surface area contributed by atoms with E-state index in [4.69, 9.17) is 0 Å². The highest BCUT2D eigenvalue weighted by molar-refractivity contribution is 5.92. The predicted octanol–water partition coefficient (Wildman–Crippen LogP) is 1.60. The molecule has 5 heteroatoms. The Labute approximate surface area is 124 Å². The zero-order valence-corrected chi connectivity index (χ0v) is 12.1. The molecule has 5 nitrogen and oxygen atoms in total. The van der Waals surface area contributed by atoms with Crippen molar-refractivity contribution in [3.8, 4) is 5.69 Å². The molecule has 110 valence electrons. The lowest BCUT2D eigenvalue weighted by molar-refractivity contribution is 0.0908. The summed E-state index contributed by atoms with van der Waals surface area (Å²) >= 11 is 0. The molecular weight excluding hydrogens is 264 g/mol. The van der Waals surface area contributed by atoms with Gasteiger partial charge in [-0.2, -0.15) is 5.10 Å². The molecule has 0 bridgehead atoms. The van der Waals surface area contributed by atoms with E-state index in [1.165, 1.54) is 0 Å². The van der Waals surface area contributed by atoms with Gasteiger partial charge in [0.25, 0.3) is 5.91 Å². The number of rotatable bonds is 3. The molecule has 0 radical (unpaired) electrons. The molecule has 1 aromatic heterocycles. The van der Waals surface area contributed by atoms with Gasteiger partial charge in [0, 0.05) is 12.2 Å². The average Bonchev–Trinajstić information content (AvgIpc) is 3.00. The first-order valence-electron chi connectivity index (χ1n) is 7.37. The van der Waals surface area contributed by atoms with Crippen molar-refractivity contribution in [1.29, 1.82) is 0 Å². The third kappa shape index (κ3) is 3.13. The largest absolute Gasteiger partial charge is 0.348 e. The standard InChI is InChI=1S/C16H20N4O/c1-12-11-17-9-7-14(12)18-16(21)15-8-10-20(19-15)13-5-3-2-4-6-13/h2-6,8,10,12,14,17H,7,9,11H2,1H3,(H,18,21). The summed E-state index contributed by atoms with van der Waals surface area (Å²) in [5.41, 5.74) is 1.41. The number of hydrogen-bond donors (Lipinski definition) is 2. The first kappa shape index (κ1) is 13.8. The molecule has 1 saturated heterocycles. The van der Waals surface area contributed by atoms with Crippen LogP contribution in [0.3, 0.4) is 0 Å². The van der Waals surface area contributed by atoms with E-state index in [-0.39, 0.29) is 11.9 Å². The lowest BCUT2D eigenvalue weighted by Gasteiger charge is -2.29. The van der Waals surface area contributed by atoms with Gasteiger partial charge in [-0.3, -0.25) is 4.79 Å². The van der Waals surface area contributed by atoms with E-state index in [1.807, 2.05) is 36.5 Å². The number of nitrogens with zero attached hydrogens (tertiary/aromatic N) is 2. The summed E-state index contributed by atoms with van der Waals surface area (Å²) in [6, 6.07) is 11.8. The maximum atomic E-state index is 12.3. The number of amides is 1. The van der Waals surface area contributed by atoms with Crippen LogP contribution >= 0.6 is 0 Å². The first-order chi connectivity index (χ1) is 10.2. The Kier molecular flexibility index (Phi) is 4.01. The first-order valence-corrected chi connectivity index (χ1v) is 7.37. The summed E-state index contributed by atoms with van der Waals surface area (Å²) in [7, 11) is 0. The number of piperidine rings is 1. The smallest absolute Gasteiger partial charge is 0.272 e. The Morgan fingerprint density at radius 3 is 2.90 bits per heavy atom. The molecular formula is C16H20N4O. The van der Waals surface area contributed by atoms with Gasteiger partial charge >= 0.3 is 0 Å². The molecule has 0 saturated carbocycles. The minimum Gasteiger partial charge on any atom is -0.348 e. The van der Waals surface area contributed by atoms with Crippen molar-refractivity contribution < 1.29 is 4.79 Å². The summed E-state index contributed by atoms with van der Waals surface area (Å²) in [5, 5.41) is 10.8. The monoisotopic (exact) mass is 284 g/mol. The Hall–Kier alpha value is -2.14. The van der Waals surface area contributed by atoms with Crippen LogP contribution < -0.4 is 10.6 Å². The van der Waals surface area contributed by atoms with E-state index in [0.717, 1.165) is 25.2 Å². The maximum Gasteiger partial charge on any atom is 0.272 e. The minimum atomic E-state index is -0.0940. The van der Waals surface area contributed by atoms with Crippen molar-refractivity contribution in [2.75, 3.05) is 13.1 Å². The fourth-order valence-corrected chi connectivity index (χ4v) is 2.64. The topological polar surface area (TPSA) is 58.9 Å². The quantitative estimate of drug-likeness (QED) is 0.900. The van der Waals surface area contributed by atoms with Crippen molar-refractivity contribution in [2.24, 2.45) is 5.92 Å². The SMILES string of the molecule is CC1CNCCC1NC(=O)c1ccn(-c2ccccc2)n1. The van der Waals surface area contributed by atoms with E-state index in [2.05, 4.69) is 22.7 Å². The summed E-state index contributed by atoms with van der Waals surface area (Å²) in [6.45, 7) is 4.05. The van der Waals surface area contributed by atoms with Crippen molar-refractivity contribution in [1.82, 2.24) is 20.4 Å². The Morgan fingerprint density at radius 1 is 1.33 bits per heavy atom. The van der Waals surface area contributed by atoms with Crippen LogP contribution in [0.15, 0.2) is 42.6 Å². The van der Waals surface area contributed by atoms with Gasteiger partial charge in [-0.15, -0.1) is 0 Å². The predicted molar refractivity (Wildman–Crippen MR) is 81.5 cm³/mol. The van der Waals surface area contributed by atoms with Crippen LogP contribution in [0, 0.1) is 5.92 Å². The molecule has 2 aromatic rings. The summed E-state index contributed by atoms with van der Waals surface area (Å²) in [5.74, 6) is 0.349. The molecule has 21 heavy (non-hydrogen) atoms. The van der Waals surface area contributed by atoms with Crippen LogP contribution in [0.25, 0.3) is 5.69 Å². The number of carbonyl (C=O) groups excluding carboxylic acids is 1. The number of benzene rings is 1. The second kappa shape index (κ2) is 6.10. The van der Waals surface area contributed by atoms with Crippen molar-refractivity contribution in [3.05, 3.63) is 48.3 Å². The fraction of sp³-hybridized carbons (Fsp3) is 0.375. The van der Waals surface area contributed by atoms with Crippen molar-refractivity contribution in [3.63, 3.8) is 0 Å². The van der Waals surface area contributed by atoms with E-state index >= 15 is 0 Å². The van der Waals surface area contributed by atoms with Crippen LogP contribution in [0.4, 0.5) is 0 Å². The lowest BCUT2D eigenvalue weighted by atomic mass is 9.95. The zero-order valence-electron chi connectivity index (χ0n) is 12.1. The number of nitrogens with one attached hydrogen (secondary N) is 2. The molecule has 0 aliphatic carbocycles. The summed E-state index contributed by atoms with van der Waals surface area (Å²) in [4.78, 5) is 12.3. The van der Waals surface area contributed by atoms with Gasteiger partial charge in [0.15, 0.2) is 5.69 Å². The molecule has 1 fully saturated rings. The molecule has 1 aromatic carbocycles. The van der Waals surface area contributed by atoms with Gasteiger partial charge in [0.1, 0.15) is 0 Å². The van der Waals surface area contributed by atoms with Crippen LogP contribution in [-0.4, -0.2) is 34.8 Å². The molecule has 1 aliphatic rings. The molecule has 2 heterocycles. The highest BCUT2D eigenvalue weighted by atomic mass is 16.2. The normalized spacial score (nSPS) is 22.0. The van der Waals surface area contributed by atoms with Crippen molar-refractivity contribution >= 4 is 5.91 Å². The lowest BCUT2D eigenvalue weighted by Crippen LogP contribution is -2.48. The molecule has 1 amide bonds. The number of para-hydroxylation sites is 1. The van der Waals surface area contributed by atoms with Crippen LogP contribution in [0.2, 0.25) is 0 Å². The van der Waals surface area contributed by atoms with Gasteiger partial charge in [0.2, 0.25) is 0 Å². The van der Waals surface area contributed by atoms with Gasteiger partial charge in [0.05, 0.1) is 5.69 Å². The van der Waals surface area contributed by atoms with Crippen molar-refractivity contribution in [2.45, 2.75) is 19.4 Å². The Bertz CT molecular complexity index is 608. The molecule has 2 N–H and O–H groups in total. The molecule has 0 spiro atoms. The highest BCUT2D eigenvalue weighted by Gasteiger charge is 2.23. The third-order valence-corrected chi connectivity index (χ3v) is 3.94. The van der Waals surface area contributed by atoms with E-state index in [9.17, 15) is 4.79 Å². The summed E-state index contributed by atoms with van der Waals surface area (Å²) < 4.78 is 1.72. The second-order valence-electron chi connectivity index (χ2n) is 5.53. The second-order valence-corrected chi connectivity index (χ2v) is 5.53. The van der Waals surface area contributed by atoms with E-state index in [0.29, 0.717) is 11.6 Å². The highest BCUT2D eigenvalue weighted by Crippen LogP contribution is 2.12. The van der Waals surface area contributed by atoms with Gasteiger partial charge < -0.3 is 10.6 Å². The zero-order chi connectivity index (χ0) is 14.7. The molecule has 1 aliphatic heterocycles. The third-order valence-electron chi connectivity index (χ3n) is 3.94. The van der Waals surface area contributed by atoms with Gasteiger partial charge in [-0.1, -0.05) is 25.1 Å². The van der Waals surface area contributed by atoms with E-state index in [1.54, 1.807) is 10.7 Å². The van der Waals surface area contributed by atoms with Gasteiger partial charge in [-0.05, 0) is 43.6 Å². The molecule has 2 atom stereocenters. The fourth-order valence-electron chi connectivity index (χ4n) is 2.64. The van der Waals surface area contributed by atoms with E-state index < -0.39 is 0 Å². The molecule has 2 unspecified atom stereocenters. The molecule has 3 rings (SSSR count).